The van der Waals surface area contributed by atoms with Crippen LogP contribution in [-0.2, 0) is 21.2 Å². The number of hydrogen-bond donors (Lipinski definition) is 0. The van der Waals surface area contributed by atoms with Gasteiger partial charge in [-0.1, -0.05) is 12.1 Å². The van der Waals surface area contributed by atoms with E-state index in [1.807, 2.05) is 4.90 Å². The standard InChI is InChI=1S/C20H27N3O3S/c1-16-3-2-4-19-18(16)5-8-22(19)9-6-20(24)23-12-10-21(11-13-23)17-7-14-27(25,26)15-17/h2-5,8,17H,6-7,9-15H2,1H3/t17-/m1/s1. The Morgan fingerprint density at radius 1 is 1.15 bits per heavy atom. The highest BCUT2D eigenvalue weighted by Crippen LogP contribution is 2.21. The van der Waals surface area contributed by atoms with Crippen LogP contribution in [0.15, 0.2) is 30.5 Å². The van der Waals surface area contributed by atoms with E-state index in [0.29, 0.717) is 31.8 Å². The molecule has 1 aromatic heterocycles. The summed E-state index contributed by atoms with van der Waals surface area (Å²) in [5, 5.41) is 1.24. The molecule has 2 saturated heterocycles. The van der Waals surface area contributed by atoms with Crippen LogP contribution in [0.1, 0.15) is 18.4 Å². The highest BCUT2D eigenvalue weighted by Gasteiger charge is 2.34. The molecular formula is C20H27N3O3S. The third-order valence-electron chi connectivity index (χ3n) is 5.99. The molecule has 4 rings (SSSR count). The zero-order chi connectivity index (χ0) is 19.0. The number of carbonyl (C=O) groups excluding carboxylic acids is 1. The van der Waals surface area contributed by atoms with Gasteiger partial charge in [-0.2, -0.15) is 0 Å². The third kappa shape index (κ3) is 3.89. The fraction of sp³-hybridized carbons (Fsp3) is 0.550. The molecule has 0 N–H and O–H groups in total. The number of benzene rings is 1. The first-order chi connectivity index (χ1) is 12.9. The Bertz CT molecular complexity index is 943. The maximum Gasteiger partial charge on any atom is 0.224 e. The van der Waals surface area contributed by atoms with E-state index in [4.69, 9.17) is 0 Å². The number of fused-ring (bicyclic) bond motifs is 1. The van der Waals surface area contributed by atoms with Crippen molar-refractivity contribution in [3.63, 3.8) is 0 Å². The van der Waals surface area contributed by atoms with Gasteiger partial charge in [-0.15, -0.1) is 0 Å². The highest BCUT2D eigenvalue weighted by atomic mass is 32.2. The molecule has 2 aliphatic rings. The van der Waals surface area contributed by atoms with Crippen LogP contribution < -0.4 is 0 Å². The van der Waals surface area contributed by atoms with E-state index in [1.54, 1.807) is 0 Å². The van der Waals surface area contributed by atoms with E-state index in [1.165, 1.54) is 16.5 Å². The van der Waals surface area contributed by atoms with Gasteiger partial charge in [-0.25, -0.2) is 8.42 Å². The maximum absolute atomic E-state index is 12.6. The van der Waals surface area contributed by atoms with Crippen molar-refractivity contribution in [2.45, 2.75) is 32.4 Å². The Labute approximate surface area is 160 Å². The third-order valence-corrected chi connectivity index (χ3v) is 7.74. The van der Waals surface area contributed by atoms with Gasteiger partial charge in [0.2, 0.25) is 5.91 Å². The molecule has 0 radical (unpaired) electrons. The predicted octanol–water partition coefficient (Wildman–Crippen LogP) is 1.67. The van der Waals surface area contributed by atoms with Crippen molar-refractivity contribution in [1.82, 2.24) is 14.4 Å². The van der Waals surface area contributed by atoms with Gasteiger partial charge >= 0.3 is 0 Å². The van der Waals surface area contributed by atoms with Crippen LogP contribution in [0, 0.1) is 6.92 Å². The van der Waals surface area contributed by atoms with Crippen molar-refractivity contribution in [3.8, 4) is 0 Å². The number of amides is 1. The molecule has 2 aromatic rings. The van der Waals surface area contributed by atoms with E-state index in [0.717, 1.165) is 19.5 Å². The minimum Gasteiger partial charge on any atom is -0.347 e. The molecule has 3 heterocycles. The van der Waals surface area contributed by atoms with Gasteiger partial charge in [0, 0.05) is 62.3 Å². The minimum absolute atomic E-state index is 0.140. The lowest BCUT2D eigenvalue weighted by atomic mass is 10.1. The van der Waals surface area contributed by atoms with Crippen LogP contribution in [0.25, 0.3) is 10.9 Å². The molecule has 1 aromatic carbocycles. The fourth-order valence-electron chi connectivity index (χ4n) is 4.35. The smallest absolute Gasteiger partial charge is 0.224 e. The second-order valence-electron chi connectivity index (χ2n) is 7.74. The number of nitrogens with zero attached hydrogens (tertiary/aromatic N) is 3. The molecule has 1 amide bonds. The summed E-state index contributed by atoms with van der Waals surface area (Å²) >= 11 is 0. The largest absolute Gasteiger partial charge is 0.347 e. The lowest BCUT2D eigenvalue weighted by Gasteiger charge is -2.37. The molecule has 0 saturated carbocycles. The second kappa shape index (κ2) is 7.28. The van der Waals surface area contributed by atoms with Gasteiger partial charge in [0.25, 0.3) is 0 Å². The number of sulfone groups is 1. The first-order valence-corrected chi connectivity index (χ1v) is 11.5. The Morgan fingerprint density at radius 3 is 2.63 bits per heavy atom. The summed E-state index contributed by atoms with van der Waals surface area (Å²) in [4.78, 5) is 16.8. The van der Waals surface area contributed by atoms with E-state index in [2.05, 4.69) is 46.9 Å². The average Bonchev–Trinajstić information content (AvgIpc) is 3.24. The van der Waals surface area contributed by atoms with Gasteiger partial charge in [0.1, 0.15) is 0 Å². The molecule has 1 atom stereocenters. The summed E-state index contributed by atoms with van der Waals surface area (Å²) < 4.78 is 25.5. The lowest BCUT2D eigenvalue weighted by molar-refractivity contribution is -0.133. The number of aryl methyl sites for hydroxylation is 2. The van der Waals surface area contributed by atoms with Crippen LogP contribution in [-0.4, -0.2) is 72.4 Å². The summed E-state index contributed by atoms with van der Waals surface area (Å²) in [6.07, 6.45) is 3.29. The molecule has 0 aliphatic carbocycles. The van der Waals surface area contributed by atoms with Crippen LogP contribution in [0.4, 0.5) is 0 Å². The fourth-order valence-corrected chi connectivity index (χ4v) is 6.11. The van der Waals surface area contributed by atoms with E-state index in [9.17, 15) is 13.2 Å². The predicted molar refractivity (Wildman–Crippen MR) is 107 cm³/mol. The number of hydrogen-bond acceptors (Lipinski definition) is 4. The molecule has 146 valence electrons. The topological polar surface area (TPSA) is 62.6 Å². The molecule has 0 spiro atoms. The van der Waals surface area contributed by atoms with E-state index < -0.39 is 9.84 Å². The zero-order valence-corrected chi connectivity index (χ0v) is 16.6. The molecule has 2 fully saturated rings. The number of rotatable bonds is 4. The highest BCUT2D eigenvalue weighted by molar-refractivity contribution is 7.91. The monoisotopic (exact) mass is 389 g/mol. The molecule has 6 nitrogen and oxygen atoms in total. The lowest BCUT2D eigenvalue weighted by Crippen LogP contribution is -2.52. The summed E-state index contributed by atoms with van der Waals surface area (Å²) in [5.74, 6) is 0.769. The molecule has 7 heteroatoms. The SMILES string of the molecule is Cc1cccc2c1ccn2CCC(=O)N1CCN([C@@H]2CCS(=O)(=O)C2)CC1. The summed E-state index contributed by atoms with van der Waals surface area (Å²) in [7, 11) is -2.85. The molecule has 0 bridgehead atoms. The van der Waals surface area contributed by atoms with Crippen molar-refractivity contribution < 1.29 is 13.2 Å². The molecule has 0 unspecified atom stereocenters. The average molecular weight is 390 g/mol. The molecule has 27 heavy (non-hydrogen) atoms. The van der Waals surface area contributed by atoms with Crippen molar-refractivity contribution in [2.24, 2.45) is 0 Å². The zero-order valence-electron chi connectivity index (χ0n) is 15.8. The second-order valence-corrected chi connectivity index (χ2v) is 9.97. The van der Waals surface area contributed by atoms with E-state index in [-0.39, 0.29) is 17.7 Å². The Kier molecular flexibility index (Phi) is 4.99. The molecule has 2 aliphatic heterocycles. The van der Waals surface area contributed by atoms with Crippen LogP contribution >= 0.6 is 0 Å². The van der Waals surface area contributed by atoms with Gasteiger partial charge < -0.3 is 9.47 Å². The minimum atomic E-state index is -2.85. The first kappa shape index (κ1) is 18.5. The molecular weight excluding hydrogens is 362 g/mol. The van der Waals surface area contributed by atoms with Crippen LogP contribution in [0.5, 0.6) is 0 Å². The van der Waals surface area contributed by atoms with Crippen LogP contribution in [0.2, 0.25) is 0 Å². The Balaban J connectivity index is 1.30. The number of aromatic nitrogens is 1. The normalized spacial score (nSPS) is 23.1. The maximum atomic E-state index is 12.6. The van der Waals surface area contributed by atoms with Crippen LogP contribution in [0.3, 0.4) is 0 Å². The van der Waals surface area contributed by atoms with Gasteiger partial charge in [-0.3, -0.25) is 9.69 Å². The quantitative estimate of drug-likeness (QED) is 0.798. The van der Waals surface area contributed by atoms with Crippen molar-refractivity contribution in [1.29, 1.82) is 0 Å². The Hall–Kier alpha value is -1.86. The number of carbonyl (C=O) groups is 1. The summed E-state index contributed by atoms with van der Waals surface area (Å²) in [5.41, 5.74) is 2.43. The Morgan fingerprint density at radius 2 is 1.93 bits per heavy atom. The first-order valence-electron chi connectivity index (χ1n) is 9.70. The van der Waals surface area contributed by atoms with Gasteiger partial charge in [-0.05, 0) is 31.0 Å². The van der Waals surface area contributed by atoms with Crippen molar-refractivity contribution >= 4 is 26.6 Å². The summed E-state index contributed by atoms with van der Waals surface area (Å²) in [6, 6.07) is 8.51. The van der Waals surface area contributed by atoms with Crippen molar-refractivity contribution in [2.75, 3.05) is 37.7 Å². The summed E-state index contributed by atoms with van der Waals surface area (Å²) in [6.45, 7) is 5.73. The van der Waals surface area contributed by atoms with Gasteiger partial charge in [0.15, 0.2) is 9.84 Å². The van der Waals surface area contributed by atoms with Gasteiger partial charge in [0.05, 0.1) is 11.5 Å². The van der Waals surface area contributed by atoms with Crippen molar-refractivity contribution in [3.05, 3.63) is 36.0 Å². The van der Waals surface area contributed by atoms with E-state index >= 15 is 0 Å². The number of piperazine rings is 1.